The zero-order valence-electron chi connectivity index (χ0n) is 16.4. The molecule has 3 heterocycles. The number of anilines is 1. The van der Waals surface area contributed by atoms with Gasteiger partial charge in [0.25, 0.3) is 5.69 Å². The normalized spacial score (nSPS) is 16.0. The summed E-state index contributed by atoms with van der Waals surface area (Å²) in [6.07, 6.45) is 1.30. The second-order valence-electron chi connectivity index (χ2n) is 7.15. The van der Waals surface area contributed by atoms with Gasteiger partial charge in [0, 0.05) is 37.8 Å². The third-order valence-corrected chi connectivity index (χ3v) is 5.24. The van der Waals surface area contributed by atoms with Crippen molar-refractivity contribution in [3.63, 3.8) is 0 Å². The third kappa shape index (κ3) is 4.09. The van der Waals surface area contributed by atoms with Gasteiger partial charge in [0.15, 0.2) is 0 Å². The van der Waals surface area contributed by atoms with E-state index in [4.69, 9.17) is 4.52 Å². The van der Waals surface area contributed by atoms with E-state index in [0.29, 0.717) is 11.7 Å². The highest BCUT2D eigenvalue weighted by Crippen LogP contribution is 2.25. The second kappa shape index (κ2) is 7.96. The molecule has 0 N–H and O–H groups in total. The van der Waals surface area contributed by atoms with Crippen LogP contribution in [0.1, 0.15) is 24.4 Å². The fourth-order valence-electron chi connectivity index (χ4n) is 3.39. The van der Waals surface area contributed by atoms with Crippen molar-refractivity contribution in [2.75, 3.05) is 31.1 Å². The van der Waals surface area contributed by atoms with Crippen LogP contribution in [0.15, 0.2) is 47.1 Å². The van der Waals surface area contributed by atoms with Gasteiger partial charge < -0.3 is 9.42 Å². The Labute approximate surface area is 168 Å². The van der Waals surface area contributed by atoms with E-state index in [1.54, 1.807) is 6.07 Å². The molecule has 1 atom stereocenters. The van der Waals surface area contributed by atoms with Crippen molar-refractivity contribution in [1.29, 1.82) is 0 Å². The van der Waals surface area contributed by atoms with Gasteiger partial charge in [-0.05, 0) is 19.9 Å². The Morgan fingerprint density at radius 1 is 1.10 bits per heavy atom. The minimum Gasteiger partial charge on any atom is -0.354 e. The van der Waals surface area contributed by atoms with Crippen molar-refractivity contribution in [3.8, 4) is 11.4 Å². The number of nitrogens with zero attached hydrogens (tertiary/aromatic N) is 6. The number of aromatic nitrogens is 3. The van der Waals surface area contributed by atoms with Crippen LogP contribution in [0.2, 0.25) is 0 Å². The molecule has 4 rings (SSSR count). The van der Waals surface area contributed by atoms with Crippen LogP contribution >= 0.6 is 0 Å². The number of benzene rings is 1. The summed E-state index contributed by atoms with van der Waals surface area (Å²) in [5, 5.41) is 14.9. The highest BCUT2D eigenvalue weighted by molar-refractivity contribution is 5.54. The fraction of sp³-hybridized carbons (Fsp3) is 0.350. The summed E-state index contributed by atoms with van der Waals surface area (Å²) in [7, 11) is 0. The Morgan fingerprint density at radius 2 is 1.83 bits per heavy atom. The monoisotopic (exact) mass is 394 g/mol. The molecular formula is C20H22N6O3. The van der Waals surface area contributed by atoms with Crippen molar-refractivity contribution in [3.05, 3.63) is 64.2 Å². The topological polar surface area (TPSA) is 101 Å². The lowest BCUT2D eigenvalue weighted by Crippen LogP contribution is -2.47. The highest BCUT2D eigenvalue weighted by atomic mass is 16.6. The zero-order valence-corrected chi connectivity index (χ0v) is 16.4. The molecule has 0 bridgehead atoms. The predicted molar refractivity (Wildman–Crippen MR) is 108 cm³/mol. The molecule has 1 unspecified atom stereocenters. The average Bonchev–Trinajstić information content (AvgIpc) is 3.24. The molecule has 1 aliphatic heterocycles. The molecule has 9 heteroatoms. The summed E-state index contributed by atoms with van der Waals surface area (Å²) in [6.45, 7) is 7.26. The highest BCUT2D eigenvalue weighted by Gasteiger charge is 2.26. The summed E-state index contributed by atoms with van der Waals surface area (Å²) in [5.41, 5.74) is 2.12. The van der Waals surface area contributed by atoms with Crippen molar-refractivity contribution >= 4 is 11.5 Å². The lowest BCUT2D eigenvalue weighted by Gasteiger charge is -2.37. The second-order valence-corrected chi connectivity index (χ2v) is 7.15. The first-order valence-electron chi connectivity index (χ1n) is 9.51. The first-order chi connectivity index (χ1) is 14.0. The minimum atomic E-state index is -0.439. The van der Waals surface area contributed by atoms with Gasteiger partial charge in [0.05, 0.1) is 11.0 Å². The Balaban J connectivity index is 1.38. The summed E-state index contributed by atoms with van der Waals surface area (Å²) in [6, 6.07) is 11.2. The van der Waals surface area contributed by atoms with Gasteiger partial charge in [-0.1, -0.05) is 35.0 Å². The van der Waals surface area contributed by atoms with Crippen LogP contribution in [0.4, 0.5) is 11.5 Å². The number of pyridine rings is 1. The smallest absolute Gasteiger partial charge is 0.287 e. The number of rotatable bonds is 5. The van der Waals surface area contributed by atoms with E-state index in [0.717, 1.165) is 37.6 Å². The Bertz CT molecular complexity index is 978. The number of nitro groups is 1. The molecule has 1 aromatic carbocycles. The molecule has 0 radical (unpaired) electrons. The van der Waals surface area contributed by atoms with Crippen LogP contribution in [-0.2, 0) is 0 Å². The molecule has 1 saturated heterocycles. The molecule has 9 nitrogen and oxygen atoms in total. The van der Waals surface area contributed by atoms with Crippen molar-refractivity contribution < 1.29 is 9.45 Å². The molecule has 1 aliphatic rings. The molecule has 3 aromatic rings. The first kappa shape index (κ1) is 19.0. The van der Waals surface area contributed by atoms with Gasteiger partial charge in [-0.2, -0.15) is 4.98 Å². The van der Waals surface area contributed by atoms with Crippen LogP contribution in [0.3, 0.4) is 0 Å². The Hall–Kier alpha value is -3.33. The van der Waals surface area contributed by atoms with E-state index in [1.165, 1.54) is 17.8 Å². The summed E-state index contributed by atoms with van der Waals surface area (Å²) in [5.74, 6) is 1.95. The predicted octanol–water partition coefficient (Wildman–Crippen LogP) is 3.23. The number of aryl methyl sites for hydroxylation is 1. The minimum absolute atomic E-state index is 0.00165. The molecule has 29 heavy (non-hydrogen) atoms. The molecule has 0 aliphatic carbocycles. The lowest BCUT2D eigenvalue weighted by molar-refractivity contribution is -0.385. The molecular weight excluding hydrogens is 372 g/mol. The summed E-state index contributed by atoms with van der Waals surface area (Å²) in [4.78, 5) is 23.5. The maximum Gasteiger partial charge on any atom is 0.287 e. The number of piperazine rings is 1. The quantitative estimate of drug-likeness (QED) is 0.480. The van der Waals surface area contributed by atoms with E-state index in [1.807, 2.05) is 31.2 Å². The van der Waals surface area contributed by atoms with Gasteiger partial charge in [-0.15, -0.1) is 0 Å². The van der Waals surface area contributed by atoms with Gasteiger partial charge in [-0.25, -0.2) is 4.98 Å². The summed E-state index contributed by atoms with van der Waals surface area (Å²) >= 11 is 0. The van der Waals surface area contributed by atoms with E-state index in [9.17, 15) is 10.1 Å². The van der Waals surface area contributed by atoms with Gasteiger partial charge in [0.2, 0.25) is 11.7 Å². The van der Waals surface area contributed by atoms with Gasteiger partial charge in [-0.3, -0.25) is 15.0 Å². The number of hydrogen-bond donors (Lipinski definition) is 0. The lowest BCUT2D eigenvalue weighted by atomic mass is 10.1. The van der Waals surface area contributed by atoms with Crippen molar-refractivity contribution in [2.24, 2.45) is 0 Å². The van der Waals surface area contributed by atoms with E-state index >= 15 is 0 Å². The molecule has 150 valence electrons. The maximum absolute atomic E-state index is 10.8. The first-order valence-corrected chi connectivity index (χ1v) is 9.51. The van der Waals surface area contributed by atoms with Crippen LogP contribution in [0.5, 0.6) is 0 Å². The van der Waals surface area contributed by atoms with E-state index in [2.05, 4.69) is 31.8 Å². The largest absolute Gasteiger partial charge is 0.354 e. The molecule has 0 saturated carbocycles. The maximum atomic E-state index is 10.8. The van der Waals surface area contributed by atoms with Gasteiger partial charge >= 0.3 is 0 Å². The molecule has 0 spiro atoms. The van der Waals surface area contributed by atoms with Crippen LogP contribution in [-0.4, -0.2) is 51.1 Å². The molecule has 0 amide bonds. The zero-order chi connectivity index (χ0) is 20.4. The third-order valence-electron chi connectivity index (χ3n) is 5.24. The van der Waals surface area contributed by atoms with E-state index in [-0.39, 0.29) is 11.7 Å². The van der Waals surface area contributed by atoms with Crippen LogP contribution in [0, 0.1) is 17.0 Å². The Morgan fingerprint density at radius 3 is 2.45 bits per heavy atom. The standard InChI is InChI=1S/C20H22N6O3/c1-14-3-5-16(6-4-14)19-22-20(29-23-19)15(2)24-9-11-25(12-10-24)18-8-7-17(13-21-18)26(27)28/h3-8,13,15H,9-12H2,1-2H3. The summed E-state index contributed by atoms with van der Waals surface area (Å²) < 4.78 is 5.52. The Kier molecular flexibility index (Phi) is 5.22. The van der Waals surface area contributed by atoms with Crippen LogP contribution < -0.4 is 4.90 Å². The van der Waals surface area contributed by atoms with Crippen molar-refractivity contribution in [2.45, 2.75) is 19.9 Å². The van der Waals surface area contributed by atoms with Crippen LogP contribution in [0.25, 0.3) is 11.4 Å². The average molecular weight is 394 g/mol. The van der Waals surface area contributed by atoms with Gasteiger partial charge in [0.1, 0.15) is 12.0 Å². The molecule has 1 fully saturated rings. The number of hydrogen-bond acceptors (Lipinski definition) is 8. The van der Waals surface area contributed by atoms with Crippen molar-refractivity contribution in [1.82, 2.24) is 20.0 Å². The SMILES string of the molecule is Cc1ccc(-c2noc(C(C)N3CCN(c4ccc([N+](=O)[O-])cn4)CC3)n2)cc1. The molecule has 2 aromatic heterocycles. The van der Waals surface area contributed by atoms with E-state index < -0.39 is 4.92 Å². The fourth-order valence-corrected chi connectivity index (χ4v) is 3.39.